The van der Waals surface area contributed by atoms with Crippen LogP contribution >= 0.6 is 0 Å². The maximum absolute atomic E-state index is 13.2. The molecular formula is C22H22FN7O2. The lowest BCUT2D eigenvalue weighted by atomic mass is 10.1. The van der Waals surface area contributed by atoms with Crippen molar-refractivity contribution in [3.63, 3.8) is 0 Å². The summed E-state index contributed by atoms with van der Waals surface area (Å²) in [6, 6.07) is 7.68. The van der Waals surface area contributed by atoms with Crippen molar-refractivity contribution in [1.82, 2.24) is 24.4 Å². The molecule has 1 aromatic carbocycles. The van der Waals surface area contributed by atoms with Gasteiger partial charge in [0.1, 0.15) is 30.1 Å². The van der Waals surface area contributed by atoms with Crippen molar-refractivity contribution in [3.05, 3.63) is 61.2 Å². The molecule has 0 saturated carbocycles. The number of amides is 2. The van der Waals surface area contributed by atoms with Crippen molar-refractivity contribution in [1.29, 1.82) is 0 Å². The van der Waals surface area contributed by atoms with E-state index in [1.165, 1.54) is 18.5 Å². The van der Waals surface area contributed by atoms with Gasteiger partial charge in [-0.25, -0.2) is 19.3 Å². The molecule has 2 aliphatic heterocycles. The number of anilines is 2. The number of aromatic nitrogens is 4. The van der Waals surface area contributed by atoms with E-state index in [-0.39, 0.29) is 30.0 Å². The lowest BCUT2D eigenvalue weighted by Gasteiger charge is -2.36. The second-order valence-corrected chi connectivity index (χ2v) is 7.90. The smallest absolute Gasteiger partial charge is 0.228 e. The standard InChI is InChI=1S/C22H22FN7O2/c23-17-1-3-18(4-2-17)30-13-16(11-21(30)31)22(32)28-9-7-27(8-10-28)19-12-20(26-14-25-19)29-6-5-24-15-29/h1-6,12,14-16H,7-11,13H2. The van der Waals surface area contributed by atoms with Crippen LogP contribution in [-0.4, -0.2) is 69.0 Å². The zero-order chi connectivity index (χ0) is 22.1. The van der Waals surface area contributed by atoms with Gasteiger partial charge in [0.2, 0.25) is 11.8 Å². The Bertz CT molecular complexity index is 1110. The van der Waals surface area contributed by atoms with Crippen molar-refractivity contribution in [2.75, 3.05) is 42.5 Å². The van der Waals surface area contributed by atoms with Gasteiger partial charge in [-0.05, 0) is 24.3 Å². The van der Waals surface area contributed by atoms with Gasteiger partial charge in [0.25, 0.3) is 0 Å². The first-order valence-corrected chi connectivity index (χ1v) is 10.5. The Morgan fingerprint density at radius 3 is 2.50 bits per heavy atom. The summed E-state index contributed by atoms with van der Waals surface area (Å²) in [6.45, 7) is 2.74. The van der Waals surface area contributed by atoms with Gasteiger partial charge in [-0.15, -0.1) is 0 Å². The minimum absolute atomic E-state index is 0.00981. The van der Waals surface area contributed by atoms with Gasteiger partial charge >= 0.3 is 0 Å². The maximum Gasteiger partial charge on any atom is 0.228 e. The molecule has 32 heavy (non-hydrogen) atoms. The maximum atomic E-state index is 13.2. The van der Waals surface area contributed by atoms with Gasteiger partial charge < -0.3 is 14.7 Å². The third kappa shape index (κ3) is 3.91. The van der Waals surface area contributed by atoms with E-state index >= 15 is 0 Å². The summed E-state index contributed by atoms with van der Waals surface area (Å²) in [5.41, 5.74) is 0.619. The van der Waals surface area contributed by atoms with Gasteiger partial charge in [-0.3, -0.25) is 14.2 Å². The highest BCUT2D eigenvalue weighted by atomic mass is 19.1. The second-order valence-electron chi connectivity index (χ2n) is 7.90. The van der Waals surface area contributed by atoms with Crippen molar-refractivity contribution in [2.45, 2.75) is 6.42 Å². The Morgan fingerprint density at radius 2 is 1.78 bits per heavy atom. The Hall–Kier alpha value is -3.82. The number of halogens is 1. The van der Waals surface area contributed by atoms with Crippen molar-refractivity contribution in [2.24, 2.45) is 5.92 Å². The second kappa shape index (κ2) is 8.37. The van der Waals surface area contributed by atoms with Gasteiger partial charge in [0.05, 0.1) is 5.92 Å². The Morgan fingerprint density at radius 1 is 1.03 bits per heavy atom. The highest BCUT2D eigenvalue weighted by molar-refractivity contribution is 6.00. The fraction of sp³-hybridized carbons (Fsp3) is 0.318. The van der Waals surface area contributed by atoms with E-state index < -0.39 is 0 Å². The number of hydrogen-bond acceptors (Lipinski definition) is 6. The van der Waals surface area contributed by atoms with Crippen LogP contribution in [0, 0.1) is 11.7 Å². The Labute approximate surface area is 184 Å². The number of imidazole rings is 1. The van der Waals surface area contributed by atoms with Crippen LogP contribution in [0.5, 0.6) is 0 Å². The van der Waals surface area contributed by atoms with E-state index in [9.17, 15) is 14.0 Å². The number of hydrogen-bond donors (Lipinski definition) is 0. The Balaban J connectivity index is 1.20. The summed E-state index contributed by atoms with van der Waals surface area (Å²) in [5, 5.41) is 0. The average Bonchev–Trinajstić information content (AvgIpc) is 3.50. The molecule has 0 radical (unpaired) electrons. The van der Waals surface area contributed by atoms with Crippen LogP contribution in [-0.2, 0) is 9.59 Å². The van der Waals surface area contributed by atoms with Crippen LogP contribution in [0.2, 0.25) is 0 Å². The molecule has 9 nitrogen and oxygen atoms in total. The first-order valence-electron chi connectivity index (χ1n) is 10.5. The van der Waals surface area contributed by atoms with Crippen LogP contribution in [0.4, 0.5) is 15.9 Å². The minimum Gasteiger partial charge on any atom is -0.353 e. The molecule has 0 bridgehead atoms. The summed E-state index contributed by atoms with van der Waals surface area (Å²) in [4.78, 5) is 43.7. The molecule has 4 heterocycles. The number of nitrogens with zero attached hydrogens (tertiary/aromatic N) is 7. The number of piperazine rings is 1. The largest absolute Gasteiger partial charge is 0.353 e. The topological polar surface area (TPSA) is 87.5 Å². The molecule has 0 aliphatic carbocycles. The van der Waals surface area contributed by atoms with Gasteiger partial charge in [-0.1, -0.05) is 0 Å². The van der Waals surface area contributed by atoms with Gasteiger partial charge in [0.15, 0.2) is 0 Å². The number of benzene rings is 1. The summed E-state index contributed by atoms with van der Waals surface area (Å²) in [5.74, 6) is 0.675. The lowest BCUT2D eigenvalue weighted by Crippen LogP contribution is -2.51. The normalized spacial score (nSPS) is 19.0. The predicted octanol–water partition coefficient (Wildman–Crippen LogP) is 1.50. The minimum atomic E-state index is -0.383. The van der Waals surface area contributed by atoms with Crippen LogP contribution in [0.1, 0.15) is 6.42 Å². The predicted molar refractivity (Wildman–Crippen MR) is 115 cm³/mol. The summed E-state index contributed by atoms with van der Waals surface area (Å²) >= 11 is 0. The molecule has 2 amide bonds. The van der Waals surface area contributed by atoms with E-state index in [2.05, 4.69) is 19.9 Å². The molecule has 164 valence electrons. The molecule has 2 fully saturated rings. The monoisotopic (exact) mass is 435 g/mol. The number of carbonyl (C=O) groups is 2. The van der Waals surface area contributed by atoms with Crippen LogP contribution in [0.15, 0.2) is 55.4 Å². The molecule has 3 aromatic rings. The van der Waals surface area contributed by atoms with E-state index in [1.54, 1.807) is 29.6 Å². The summed E-state index contributed by atoms with van der Waals surface area (Å²) < 4.78 is 15.0. The van der Waals surface area contributed by atoms with Gasteiger partial charge in [0, 0.05) is 63.3 Å². The van der Waals surface area contributed by atoms with Crippen LogP contribution < -0.4 is 9.80 Å². The fourth-order valence-electron chi connectivity index (χ4n) is 4.20. The quantitative estimate of drug-likeness (QED) is 0.617. The average molecular weight is 435 g/mol. The zero-order valence-electron chi connectivity index (χ0n) is 17.3. The molecule has 10 heteroatoms. The fourth-order valence-corrected chi connectivity index (χ4v) is 4.20. The number of rotatable bonds is 4. The zero-order valence-corrected chi connectivity index (χ0v) is 17.3. The third-order valence-corrected chi connectivity index (χ3v) is 5.94. The van der Waals surface area contributed by atoms with Crippen LogP contribution in [0.25, 0.3) is 5.82 Å². The van der Waals surface area contributed by atoms with E-state index in [0.29, 0.717) is 38.4 Å². The Kier molecular flexibility index (Phi) is 5.26. The molecule has 1 unspecified atom stereocenters. The van der Waals surface area contributed by atoms with E-state index in [1.807, 2.05) is 21.7 Å². The molecule has 0 N–H and O–H groups in total. The van der Waals surface area contributed by atoms with E-state index in [4.69, 9.17) is 0 Å². The van der Waals surface area contributed by atoms with Crippen molar-refractivity contribution in [3.8, 4) is 5.82 Å². The molecule has 2 aromatic heterocycles. The molecule has 5 rings (SSSR count). The molecule has 2 aliphatic rings. The molecule has 0 spiro atoms. The van der Waals surface area contributed by atoms with Crippen molar-refractivity contribution >= 4 is 23.3 Å². The lowest BCUT2D eigenvalue weighted by molar-refractivity contribution is -0.136. The first kappa shape index (κ1) is 20.1. The van der Waals surface area contributed by atoms with Crippen LogP contribution in [0.3, 0.4) is 0 Å². The van der Waals surface area contributed by atoms with Crippen molar-refractivity contribution < 1.29 is 14.0 Å². The molecular weight excluding hydrogens is 413 g/mol. The highest BCUT2D eigenvalue weighted by Crippen LogP contribution is 2.27. The molecule has 2 saturated heterocycles. The number of carbonyl (C=O) groups excluding carboxylic acids is 2. The SMILES string of the molecule is O=C(C1CC(=O)N(c2ccc(F)cc2)C1)N1CCN(c2cc(-n3ccnc3)ncn2)CC1. The first-order chi connectivity index (χ1) is 15.6. The third-order valence-electron chi connectivity index (χ3n) is 5.94. The summed E-state index contributed by atoms with van der Waals surface area (Å²) in [7, 11) is 0. The van der Waals surface area contributed by atoms with E-state index in [0.717, 1.165) is 11.6 Å². The highest BCUT2D eigenvalue weighted by Gasteiger charge is 2.38. The molecule has 1 atom stereocenters. The van der Waals surface area contributed by atoms with Gasteiger partial charge in [-0.2, -0.15) is 0 Å². The summed E-state index contributed by atoms with van der Waals surface area (Å²) in [6.07, 6.45) is 6.89.